The van der Waals surface area contributed by atoms with Crippen LogP contribution in [0.2, 0.25) is 0 Å². The third-order valence-electron chi connectivity index (χ3n) is 3.80. The van der Waals surface area contributed by atoms with E-state index in [0.29, 0.717) is 5.69 Å². The van der Waals surface area contributed by atoms with Crippen molar-refractivity contribution < 1.29 is 19.9 Å². The minimum Gasteiger partial charge on any atom is -0.507 e. The first kappa shape index (κ1) is 20.1. The number of aromatic hydroxyl groups is 2. The molecule has 0 aliphatic rings. The van der Waals surface area contributed by atoms with Crippen LogP contribution in [0, 0.1) is 24.0 Å². The van der Waals surface area contributed by atoms with E-state index in [0.717, 1.165) is 23.0 Å². The molecule has 0 bridgehead atoms. The summed E-state index contributed by atoms with van der Waals surface area (Å²) in [6.07, 6.45) is 0.959. The fourth-order valence-electron chi connectivity index (χ4n) is 2.35. The van der Waals surface area contributed by atoms with Crippen molar-refractivity contribution in [2.24, 2.45) is 5.10 Å². The molecule has 0 saturated heterocycles. The van der Waals surface area contributed by atoms with E-state index in [1.165, 1.54) is 13.0 Å². The van der Waals surface area contributed by atoms with Crippen molar-refractivity contribution in [2.75, 3.05) is 0 Å². The lowest BCUT2D eigenvalue weighted by molar-refractivity contribution is -0.385. The van der Waals surface area contributed by atoms with Crippen molar-refractivity contribution in [3.8, 4) is 17.4 Å². The van der Waals surface area contributed by atoms with Gasteiger partial charge in [-0.25, -0.2) is 5.43 Å². The molecule has 0 saturated carbocycles. The number of nitro benzene ring substituents is 1. The van der Waals surface area contributed by atoms with Gasteiger partial charge < -0.3 is 10.2 Å². The quantitative estimate of drug-likeness (QED) is 0.253. The number of nitrogens with one attached hydrogen (secondary N) is 2. The number of aromatic nitrogens is 5. The molecule has 0 unspecified atom stereocenters. The summed E-state index contributed by atoms with van der Waals surface area (Å²) in [4.78, 5) is 36.7. The van der Waals surface area contributed by atoms with Crippen molar-refractivity contribution in [3.63, 3.8) is 0 Å². The van der Waals surface area contributed by atoms with Gasteiger partial charge in [0.2, 0.25) is 0 Å². The number of phenols is 2. The Labute approximate surface area is 166 Å². The molecule has 0 aliphatic heterocycles. The lowest BCUT2D eigenvalue weighted by atomic mass is 10.2. The molecule has 3 rings (SSSR count). The van der Waals surface area contributed by atoms with Crippen LogP contribution in [0.15, 0.2) is 28.1 Å². The van der Waals surface area contributed by atoms with Crippen LogP contribution in [0.4, 0.5) is 5.69 Å². The highest BCUT2D eigenvalue weighted by molar-refractivity contribution is 5.94. The molecule has 0 radical (unpaired) electrons. The van der Waals surface area contributed by atoms with Gasteiger partial charge in [0.05, 0.1) is 16.8 Å². The van der Waals surface area contributed by atoms with Crippen molar-refractivity contribution >= 4 is 17.8 Å². The predicted octanol–water partition coefficient (Wildman–Crippen LogP) is 0.0507. The third kappa shape index (κ3) is 3.96. The third-order valence-corrected chi connectivity index (χ3v) is 3.80. The van der Waals surface area contributed by atoms with Crippen LogP contribution >= 0.6 is 0 Å². The molecule has 154 valence electrons. The molecule has 4 N–H and O–H groups in total. The van der Waals surface area contributed by atoms with Crippen LogP contribution in [-0.2, 0) is 0 Å². The molecule has 0 fully saturated rings. The standard InChI is InChI=1S/C16H14N8O6/c1-7-3-11(23(22-7)16-18-14(27)8(2)19-21-16)15(28)20-17-6-9-4-10(24(29)30)13(26)5-12(9)25/h3-6,25-26H,1-2H3,(H,20,28)(H,18,21,27)/b17-6-. The Morgan fingerprint density at radius 3 is 2.67 bits per heavy atom. The van der Waals surface area contributed by atoms with Crippen LogP contribution in [0.3, 0.4) is 0 Å². The highest BCUT2D eigenvalue weighted by atomic mass is 16.6. The molecule has 0 spiro atoms. The number of nitrogens with zero attached hydrogens (tertiary/aromatic N) is 6. The zero-order valence-corrected chi connectivity index (χ0v) is 15.5. The predicted molar refractivity (Wildman–Crippen MR) is 101 cm³/mol. The number of amides is 1. The number of H-pyrrole nitrogens is 1. The largest absolute Gasteiger partial charge is 0.507 e. The zero-order valence-electron chi connectivity index (χ0n) is 15.5. The number of rotatable bonds is 5. The second-order valence-electron chi connectivity index (χ2n) is 6.00. The van der Waals surface area contributed by atoms with Gasteiger partial charge in [-0.05, 0) is 19.9 Å². The van der Waals surface area contributed by atoms with E-state index in [2.05, 4.69) is 30.8 Å². The highest BCUT2D eigenvalue weighted by Crippen LogP contribution is 2.31. The number of carbonyl (C=O) groups excluding carboxylic acids is 1. The number of carbonyl (C=O) groups is 1. The van der Waals surface area contributed by atoms with Crippen molar-refractivity contribution in [3.05, 3.63) is 61.3 Å². The number of nitro groups is 1. The first-order chi connectivity index (χ1) is 14.2. The lowest BCUT2D eigenvalue weighted by Gasteiger charge is -2.05. The van der Waals surface area contributed by atoms with Gasteiger partial charge in [-0.2, -0.15) is 14.9 Å². The maximum Gasteiger partial charge on any atom is 0.311 e. The van der Waals surface area contributed by atoms with Crippen molar-refractivity contribution in [1.29, 1.82) is 0 Å². The molecule has 14 nitrogen and oxygen atoms in total. The fourth-order valence-corrected chi connectivity index (χ4v) is 2.35. The molecule has 30 heavy (non-hydrogen) atoms. The van der Waals surface area contributed by atoms with Crippen LogP contribution in [0.25, 0.3) is 5.95 Å². The summed E-state index contributed by atoms with van der Waals surface area (Å²) >= 11 is 0. The maximum atomic E-state index is 12.5. The second kappa shape index (κ2) is 7.78. The molecule has 0 aliphatic carbocycles. The maximum absolute atomic E-state index is 12.5. The first-order valence-corrected chi connectivity index (χ1v) is 8.21. The minimum absolute atomic E-state index is 0.0284. The number of phenolic OH excluding ortho intramolecular Hbond substituents is 2. The van der Waals surface area contributed by atoms with Gasteiger partial charge in [-0.3, -0.25) is 24.7 Å². The summed E-state index contributed by atoms with van der Waals surface area (Å²) in [6.45, 7) is 3.08. The normalized spacial score (nSPS) is 11.0. The Hall–Kier alpha value is -4.62. The van der Waals surface area contributed by atoms with Crippen LogP contribution in [0.5, 0.6) is 11.5 Å². The zero-order chi connectivity index (χ0) is 22.0. The summed E-state index contributed by atoms with van der Waals surface area (Å²) < 4.78 is 1.07. The van der Waals surface area contributed by atoms with Crippen molar-refractivity contribution in [1.82, 2.24) is 30.4 Å². The Balaban J connectivity index is 1.86. The van der Waals surface area contributed by atoms with Gasteiger partial charge in [-0.15, -0.1) is 10.2 Å². The molecule has 14 heteroatoms. The van der Waals surface area contributed by atoms with Gasteiger partial charge in [0.1, 0.15) is 17.1 Å². The lowest BCUT2D eigenvalue weighted by Crippen LogP contribution is -2.24. The van der Waals surface area contributed by atoms with Gasteiger partial charge >= 0.3 is 5.69 Å². The summed E-state index contributed by atoms with van der Waals surface area (Å²) in [5, 5.41) is 45.3. The summed E-state index contributed by atoms with van der Waals surface area (Å²) in [7, 11) is 0. The first-order valence-electron chi connectivity index (χ1n) is 8.21. The fraction of sp³-hybridized carbons (Fsp3) is 0.125. The summed E-state index contributed by atoms with van der Waals surface area (Å²) in [5.74, 6) is -2.03. The van der Waals surface area contributed by atoms with Gasteiger partial charge in [0.15, 0.2) is 5.75 Å². The monoisotopic (exact) mass is 414 g/mol. The van der Waals surface area contributed by atoms with Crippen LogP contribution in [-0.4, -0.2) is 52.2 Å². The Kier molecular flexibility index (Phi) is 5.22. The molecule has 0 atom stereocenters. The van der Waals surface area contributed by atoms with Crippen molar-refractivity contribution in [2.45, 2.75) is 13.8 Å². The van der Waals surface area contributed by atoms with E-state index in [9.17, 15) is 29.9 Å². The Bertz CT molecular complexity index is 1250. The molecule has 1 amide bonds. The van der Waals surface area contributed by atoms with Gasteiger partial charge in [0, 0.05) is 17.7 Å². The van der Waals surface area contributed by atoms with Gasteiger partial charge in [0.25, 0.3) is 17.4 Å². The smallest absolute Gasteiger partial charge is 0.311 e. The van der Waals surface area contributed by atoms with E-state index in [1.807, 2.05) is 0 Å². The molecular weight excluding hydrogens is 400 g/mol. The number of hydrogen-bond acceptors (Lipinski definition) is 10. The number of aryl methyl sites for hydroxylation is 2. The summed E-state index contributed by atoms with van der Waals surface area (Å²) in [6, 6.07) is 3.08. The van der Waals surface area contributed by atoms with E-state index >= 15 is 0 Å². The number of aromatic amines is 1. The van der Waals surface area contributed by atoms with E-state index in [1.54, 1.807) is 6.92 Å². The molecule has 2 heterocycles. The summed E-state index contributed by atoms with van der Waals surface area (Å²) in [5.41, 5.74) is 1.48. The highest BCUT2D eigenvalue weighted by Gasteiger charge is 2.18. The molecule has 1 aromatic carbocycles. The SMILES string of the molecule is Cc1cc(C(=O)N/N=C\c2cc([N+](=O)[O-])c(O)cc2O)n(-c2nnc(C)c(=O)[nH]2)n1. The van der Waals surface area contributed by atoms with E-state index in [-0.39, 0.29) is 22.9 Å². The second-order valence-corrected chi connectivity index (χ2v) is 6.00. The molecule has 3 aromatic rings. The van der Waals surface area contributed by atoms with E-state index in [4.69, 9.17) is 0 Å². The topological polar surface area (TPSA) is 202 Å². The van der Waals surface area contributed by atoms with Crippen LogP contribution in [0.1, 0.15) is 27.4 Å². The van der Waals surface area contributed by atoms with Gasteiger partial charge in [-0.1, -0.05) is 0 Å². The minimum atomic E-state index is -0.838. The molecule has 2 aromatic heterocycles. The Morgan fingerprint density at radius 2 is 2.00 bits per heavy atom. The molecular formula is C16H14N8O6. The Morgan fingerprint density at radius 1 is 1.27 bits per heavy atom. The van der Waals surface area contributed by atoms with E-state index < -0.39 is 33.6 Å². The van der Waals surface area contributed by atoms with Crippen LogP contribution < -0.4 is 11.0 Å². The number of hydrazone groups is 1. The average molecular weight is 414 g/mol. The number of hydrogen-bond donors (Lipinski definition) is 4. The average Bonchev–Trinajstić information content (AvgIpc) is 3.07. The number of benzene rings is 1.